The van der Waals surface area contributed by atoms with Crippen molar-refractivity contribution in [1.82, 2.24) is 5.32 Å². The van der Waals surface area contributed by atoms with Crippen LogP contribution in [-0.2, 0) is 11.3 Å². The maximum atomic E-state index is 5.91. The van der Waals surface area contributed by atoms with Gasteiger partial charge in [-0.15, -0.1) is 0 Å². The molecular formula is C16H27NO3. The molecule has 1 aromatic rings. The Balaban J connectivity index is 2.71. The molecule has 4 nitrogen and oxygen atoms in total. The van der Waals surface area contributed by atoms with E-state index in [4.69, 9.17) is 14.2 Å². The van der Waals surface area contributed by atoms with Gasteiger partial charge in [-0.2, -0.15) is 0 Å². The van der Waals surface area contributed by atoms with Crippen LogP contribution in [0.5, 0.6) is 11.5 Å². The van der Waals surface area contributed by atoms with Gasteiger partial charge in [0.2, 0.25) is 0 Å². The fourth-order valence-corrected chi connectivity index (χ4v) is 1.91. The molecule has 0 aliphatic carbocycles. The summed E-state index contributed by atoms with van der Waals surface area (Å²) in [4.78, 5) is 0. The first-order valence-electron chi connectivity index (χ1n) is 7.40. The molecule has 0 saturated heterocycles. The van der Waals surface area contributed by atoms with E-state index in [1.54, 1.807) is 7.11 Å². The average Bonchev–Trinajstić information content (AvgIpc) is 2.46. The van der Waals surface area contributed by atoms with Gasteiger partial charge in [0.15, 0.2) is 11.5 Å². The maximum absolute atomic E-state index is 5.91. The Labute approximate surface area is 122 Å². The Morgan fingerprint density at radius 3 is 2.65 bits per heavy atom. The normalized spacial score (nSPS) is 10.6. The molecule has 0 saturated carbocycles. The third kappa shape index (κ3) is 5.80. The standard InChI is InChI=1S/C16H27NO3/c1-4-10-17-13-14-8-6-9-15(19-5-2)16(14)20-12-7-11-18-3/h6,8-9,17H,4-5,7,10-13H2,1-3H3. The number of para-hydroxylation sites is 1. The quantitative estimate of drug-likeness (QED) is 0.633. The van der Waals surface area contributed by atoms with Crippen LogP contribution in [0.1, 0.15) is 32.3 Å². The summed E-state index contributed by atoms with van der Waals surface area (Å²) in [5, 5.41) is 3.40. The molecule has 1 aromatic carbocycles. The second-order valence-corrected chi connectivity index (χ2v) is 4.55. The Morgan fingerprint density at radius 1 is 1.10 bits per heavy atom. The first kappa shape index (κ1) is 16.8. The van der Waals surface area contributed by atoms with E-state index in [2.05, 4.69) is 18.3 Å². The van der Waals surface area contributed by atoms with Gasteiger partial charge in [0.05, 0.1) is 13.2 Å². The fourth-order valence-electron chi connectivity index (χ4n) is 1.91. The predicted molar refractivity (Wildman–Crippen MR) is 81.6 cm³/mol. The van der Waals surface area contributed by atoms with Crippen LogP contribution in [0.3, 0.4) is 0 Å². The van der Waals surface area contributed by atoms with Crippen molar-refractivity contribution in [3.05, 3.63) is 23.8 Å². The number of rotatable bonds is 11. The minimum atomic E-state index is 0.638. The summed E-state index contributed by atoms with van der Waals surface area (Å²) >= 11 is 0. The van der Waals surface area contributed by atoms with Crippen molar-refractivity contribution in [2.75, 3.05) is 33.5 Å². The molecule has 0 spiro atoms. The van der Waals surface area contributed by atoms with Gasteiger partial charge >= 0.3 is 0 Å². The number of hydrogen-bond acceptors (Lipinski definition) is 4. The van der Waals surface area contributed by atoms with Crippen molar-refractivity contribution in [3.63, 3.8) is 0 Å². The third-order valence-electron chi connectivity index (χ3n) is 2.84. The van der Waals surface area contributed by atoms with E-state index < -0.39 is 0 Å². The second-order valence-electron chi connectivity index (χ2n) is 4.55. The highest BCUT2D eigenvalue weighted by atomic mass is 16.5. The van der Waals surface area contributed by atoms with Crippen LogP contribution in [-0.4, -0.2) is 33.5 Å². The molecule has 4 heteroatoms. The van der Waals surface area contributed by atoms with Crippen molar-refractivity contribution in [2.45, 2.75) is 33.2 Å². The smallest absolute Gasteiger partial charge is 0.165 e. The van der Waals surface area contributed by atoms with Crippen LogP contribution >= 0.6 is 0 Å². The summed E-state index contributed by atoms with van der Waals surface area (Å²) in [5.74, 6) is 1.68. The molecule has 0 aromatic heterocycles. The van der Waals surface area contributed by atoms with Gasteiger partial charge in [-0.1, -0.05) is 19.1 Å². The number of hydrogen-bond donors (Lipinski definition) is 1. The molecule has 0 atom stereocenters. The van der Waals surface area contributed by atoms with Crippen molar-refractivity contribution >= 4 is 0 Å². The summed E-state index contributed by atoms with van der Waals surface area (Å²) < 4.78 is 16.6. The lowest BCUT2D eigenvalue weighted by molar-refractivity contribution is 0.169. The zero-order valence-corrected chi connectivity index (χ0v) is 12.9. The predicted octanol–water partition coefficient (Wildman–Crippen LogP) is 3.00. The van der Waals surface area contributed by atoms with E-state index in [9.17, 15) is 0 Å². The van der Waals surface area contributed by atoms with Crippen LogP contribution in [0.25, 0.3) is 0 Å². The van der Waals surface area contributed by atoms with E-state index >= 15 is 0 Å². The molecule has 1 N–H and O–H groups in total. The third-order valence-corrected chi connectivity index (χ3v) is 2.84. The molecule has 114 valence electrons. The van der Waals surface area contributed by atoms with Gasteiger partial charge < -0.3 is 19.5 Å². The number of benzene rings is 1. The molecular weight excluding hydrogens is 254 g/mol. The zero-order valence-electron chi connectivity index (χ0n) is 12.9. The first-order chi connectivity index (χ1) is 9.83. The van der Waals surface area contributed by atoms with E-state index in [-0.39, 0.29) is 0 Å². The van der Waals surface area contributed by atoms with Crippen LogP contribution in [0, 0.1) is 0 Å². The lowest BCUT2D eigenvalue weighted by Gasteiger charge is -2.16. The largest absolute Gasteiger partial charge is 0.490 e. The van der Waals surface area contributed by atoms with Gasteiger partial charge in [-0.25, -0.2) is 0 Å². The van der Waals surface area contributed by atoms with E-state index in [0.717, 1.165) is 43.0 Å². The summed E-state index contributed by atoms with van der Waals surface area (Å²) in [5.41, 5.74) is 1.14. The molecule has 20 heavy (non-hydrogen) atoms. The summed E-state index contributed by atoms with van der Waals surface area (Å²) in [7, 11) is 1.70. The average molecular weight is 281 g/mol. The topological polar surface area (TPSA) is 39.7 Å². The van der Waals surface area contributed by atoms with E-state index in [0.29, 0.717) is 19.8 Å². The Kier molecular flexibility index (Phi) is 8.83. The van der Waals surface area contributed by atoms with Crippen LogP contribution < -0.4 is 14.8 Å². The molecule has 0 aliphatic rings. The molecule has 0 aliphatic heterocycles. The van der Waals surface area contributed by atoms with Gasteiger partial charge in [-0.05, 0) is 26.0 Å². The first-order valence-corrected chi connectivity index (χ1v) is 7.40. The van der Waals surface area contributed by atoms with Crippen LogP contribution in [0.15, 0.2) is 18.2 Å². The molecule has 0 amide bonds. The highest BCUT2D eigenvalue weighted by molar-refractivity contribution is 5.46. The lowest BCUT2D eigenvalue weighted by atomic mass is 10.2. The molecule has 0 radical (unpaired) electrons. The lowest BCUT2D eigenvalue weighted by Crippen LogP contribution is -2.15. The second kappa shape index (κ2) is 10.5. The zero-order chi connectivity index (χ0) is 14.6. The van der Waals surface area contributed by atoms with Crippen molar-refractivity contribution < 1.29 is 14.2 Å². The minimum absolute atomic E-state index is 0.638. The molecule has 0 fully saturated rings. The fraction of sp³-hybridized carbons (Fsp3) is 0.625. The minimum Gasteiger partial charge on any atom is -0.490 e. The summed E-state index contributed by atoms with van der Waals surface area (Å²) in [6.45, 7) is 7.93. The van der Waals surface area contributed by atoms with Crippen molar-refractivity contribution in [1.29, 1.82) is 0 Å². The Bertz CT molecular complexity index is 369. The summed E-state index contributed by atoms with van der Waals surface area (Å²) in [6, 6.07) is 6.05. The molecule has 0 unspecified atom stereocenters. The van der Waals surface area contributed by atoms with Crippen LogP contribution in [0.4, 0.5) is 0 Å². The van der Waals surface area contributed by atoms with E-state index in [1.807, 2.05) is 19.1 Å². The monoisotopic (exact) mass is 281 g/mol. The number of methoxy groups -OCH3 is 1. The van der Waals surface area contributed by atoms with Crippen molar-refractivity contribution in [2.24, 2.45) is 0 Å². The maximum Gasteiger partial charge on any atom is 0.165 e. The number of nitrogens with one attached hydrogen (secondary N) is 1. The van der Waals surface area contributed by atoms with Gasteiger partial charge in [0.1, 0.15) is 0 Å². The molecule has 1 rings (SSSR count). The summed E-state index contributed by atoms with van der Waals surface area (Å²) in [6.07, 6.45) is 1.99. The van der Waals surface area contributed by atoms with Gasteiger partial charge in [0, 0.05) is 32.2 Å². The van der Waals surface area contributed by atoms with Gasteiger partial charge in [-0.3, -0.25) is 0 Å². The molecule has 0 bridgehead atoms. The Hall–Kier alpha value is -1.26. The van der Waals surface area contributed by atoms with Crippen LogP contribution in [0.2, 0.25) is 0 Å². The molecule has 0 heterocycles. The van der Waals surface area contributed by atoms with Gasteiger partial charge in [0.25, 0.3) is 0 Å². The Morgan fingerprint density at radius 2 is 1.95 bits per heavy atom. The highest BCUT2D eigenvalue weighted by Gasteiger charge is 2.10. The van der Waals surface area contributed by atoms with E-state index in [1.165, 1.54) is 0 Å². The highest BCUT2D eigenvalue weighted by Crippen LogP contribution is 2.31. The van der Waals surface area contributed by atoms with Crippen molar-refractivity contribution in [3.8, 4) is 11.5 Å². The number of ether oxygens (including phenoxy) is 3. The SMILES string of the molecule is CCCNCc1cccc(OCC)c1OCCCOC.